The highest BCUT2D eigenvalue weighted by Gasteiger charge is 2.22. The van der Waals surface area contributed by atoms with Crippen LogP contribution in [0.3, 0.4) is 0 Å². The summed E-state index contributed by atoms with van der Waals surface area (Å²) in [5.41, 5.74) is 5.94. The highest BCUT2D eigenvalue weighted by atomic mass is 32.2. The molecule has 0 bridgehead atoms. The average Bonchev–Trinajstić information content (AvgIpc) is 2.80. The quantitative estimate of drug-likeness (QED) is 0.735. The van der Waals surface area contributed by atoms with Crippen molar-refractivity contribution in [2.45, 2.75) is 36.6 Å². The number of nitrogens with one attached hydrogen (secondary N) is 2. The SMILES string of the molecule is NC(=S)Nc1cccc(S(=O)(=O)NC2CCCC2)c1. The minimum Gasteiger partial charge on any atom is -0.376 e. The molecule has 1 aromatic carbocycles. The van der Waals surface area contributed by atoms with Gasteiger partial charge >= 0.3 is 0 Å². The molecule has 1 aromatic rings. The smallest absolute Gasteiger partial charge is 0.240 e. The fourth-order valence-electron chi connectivity index (χ4n) is 2.21. The number of thiocarbonyl (C=S) groups is 1. The Hall–Kier alpha value is -1.18. The van der Waals surface area contributed by atoms with Crippen molar-refractivity contribution >= 4 is 33.0 Å². The van der Waals surface area contributed by atoms with E-state index in [2.05, 4.69) is 10.0 Å². The molecule has 0 aromatic heterocycles. The van der Waals surface area contributed by atoms with Gasteiger partial charge in [0.2, 0.25) is 10.0 Å². The first-order chi connectivity index (χ1) is 8.97. The van der Waals surface area contributed by atoms with Gasteiger partial charge in [0, 0.05) is 11.7 Å². The maximum atomic E-state index is 12.2. The van der Waals surface area contributed by atoms with Crippen molar-refractivity contribution in [3.63, 3.8) is 0 Å². The molecule has 1 aliphatic rings. The zero-order valence-electron chi connectivity index (χ0n) is 10.4. The zero-order chi connectivity index (χ0) is 13.9. The molecule has 5 nitrogen and oxygen atoms in total. The lowest BCUT2D eigenvalue weighted by Gasteiger charge is -2.13. The Morgan fingerprint density at radius 3 is 2.63 bits per heavy atom. The fourth-order valence-corrected chi connectivity index (χ4v) is 3.68. The molecule has 0 radical (unpaired) electrons. The molecule has 19 heavy (non-hydrogen) atoms. The summed E-state index contributed by atoms with van der Waals surface area (Å²) in [6.07, 6.45) is 3.97. The van der Waals surface area contributed by atoms with Crippen LogP contribution in [-0.2, 0) is 10.0 Å². The molecule has 0 aliphatic heterocycles. The van der Waals surface area contributed by atoms with Gasteiger partial charge in [-0.25, -0.2) is 13.1 Å². The third-order valence-electron chi connectivity index (χ3n) is 3.09. The van der Waals surface area contributed by atoms with Crippen molar-refractivity contribution in [2.75, 3.05) is 5.32 Å². The summed E-state index contributed by atoms with van der Waals surface area (Å²) >= 11 is 4.73. The maximum Gasteiger partial charge on any atom is 0.240 e. The van der Waals surface area contributed by atoms with Crippen LogP contribution in [-0.4, -0.2) is 19.6 Å². The molecule has 0 saturated heterocycles. The van der Waals surface area contributed by atoms with Crippen LogP contribution in [0, 0.1) is 0 Å². The van der Waals surface area contributed by atoms with Crippen molar-refractivity contribution in [2.24, 2.45) is 5.73 Å². The normalized spacial score (nSPS) is 16.4. The molecular formula is C12H17N3O2S2. The molecule has 0 unspecified atom stereocenters. The molecule has 0 spiro atoms. The molecule has 2 rings (SSSR count). The minimum atomic E-state index is -3.48. The number of benzene rings is 1. The summed E-state index contributed by atoms with van der Waals surface area (Å²) in [6.45, 7) is 0. The van der Waals surface area contributed by atoms with Crippen LogP contribution in [0.15, 0.2) is 29.2 Å². The van der Waals surface area contributed by atoms with Gasteiger partial charge in [0.05, 0.1) is 4.90 Å². The largest absolute Gasteiger partial charge is 0.376 e. The van der Waals surface area contributed by atoms with Crippen molar-refractivity contribution in [3.8, 4) is 0 Å². The van der Waals surface area contributed by atoms with Crippen LogP contribution in [0.25, 0.3) is 0 Å². The zero-order valence-corrected chi connectivity index (χ0v) is 12.1. The van der Waals surface area contributed by atoms with Crippen molar-refractivity contribution in [3.05, 3.63) is 24.3 Å². The van der Waals surface area contributed by atoms with Crippen LogP contribution in [0.5, 0.6) is 0 Å². The van der Waals surface area contributed by atoms with E-state index < -0.39 is 10.0 Å². The lowest BCUT2D eigenvalue weighted by atomic mass is 10.3. The Labute approximate surface area is 118 Å². The van der Waals surface area contributed by atoms with Crippen molar-refractivity contribution in [1.29, 1.82) is 0 Å². The molecule has 4 N–H and O–H groups in total. The van der Waals surface area contributed by atoms with Gasteiger partial charge in [-0.2, -0.15) is 0 Å². The third-order valence-corrected chi connectivity index (χ3v) is 4.71. The molecule has 0 heterocycles. The van der Waals surface area contributed by atoms with Gasteiger partial charge in [-0.1, -0.05) is 18.9 Å². The summed E-state index contributed by atoms with van der Waals surface area (Å²) in [5, 5.41) is 2.84. The van der Waals surface area contributed by atoms with Gasteiger partial charge in [0.15, 0.2) is 5.11 Å². The standard InChI is InChI=1S/C12H17N3O2S2/c13-12(18)14-10-6-3-7-11(8-10)19(16,17)15-9-4-1-2-5-9/h3,6-9,15H,1-2,4-5H2,(H3,13,14,18). The number of sulfonamides is 1. The number of hydrogen-bond donors (Lipinski definition) is 3. The van der Waals surface area contributed by atoms with Crippen LogP contribution in [0.1, 0.15) is 25.7 Å². The molecule has 1 saturated carbocycles. The van der Waals surface area contributed by atoms with E-state index in [4.69, 9.17) is 18.0 Å². The third kappa shape index (κ3) is 3.89. The van der Waals surface area contributed by atoms with Crippen molar-refractivity contribution in [1.82, 2.24) is 4.72 Å². The van der Waals surface area contributed by atoms with E-state index in [0.29, 0.717) is 5.69 Å². The van der Waals surface area contributed by atoms with Crippen LogP contribution in [0.2, 0.25) is 0 Å². The van der Waals surface area contributed by atoms with Gasteiger partial charge in [-0.05, 0) is 43.3 Å². The summed E-state index contributed by atoms with van der Waals surface area (Å²) in [4.78, 5) is 0.223. The van der Waals surface area contributed by atoms with Gasteiger partial charge in [0.1, 0.15) is 0 Å². The van der Waals surface area contributed by atoms with Crippen molar-refractivity contribution < 1.29 is 8.42 Å². The Morgan fingerprint density at radius 1 is 1.32 bits per heavy atom. The van der Waals surface area contributed by atoms with Crippen LogP contribution in [0.4, 0.5) is 5.69 Å². The summed E-state index contributed by atoms with van der Waals surface area (Å²) in [5.74, 6) is 0. The maximum absolute atomic E-state index is 12.2. The van der Waals surface area contributed by atoms with Gasteiger partial charge < -0.3 is 11.1 Å². The van der Waals surface area contributed by atoms with Gasteiger partial charge in [-0.3, -0.25) is 0 Å². The molecule has 0 atom stereocenters. The molecule has 1 fully saturated rings. The van der Waals surface area contributed by atoms with Crippen LogP contribution < -0.4 is 15.8 Å². The highest BCUT2D eigenvalue weighted by Crippen LogP contribution is 2.21. The van der Waals surface area contributed by atoms with E-state index >= 15 is 0 Å². The Balaban J connectivity index is 2.17. The molecular weight excluding hydrogens is 282 g/mol. The molecule has 0 amide bonds. The predicted octanol–water partition coefficient (Wildman–Crippen LogP) is 1.56. The first-order valence-corrected chi connectivity index (χ1v) is 8.05. The molecule has 104 valence electrons. The van der Waals surface area contributed by atoms with Crippen LogP contribution >= 0.6 is 12.2 Å². The number of anilines is 1. The average molecular weight is 299 g/mol. The topological polar surface area (TPSA) is 84.2 Å². The second-order valence-corrected chi connectivity index (χ2v) is 6.77. The lowest BCUT2D eigenvalue weighted by Crippen LogP contribution is -2.32. The Kier molecular flexibility index (Phi) is 4.38. The molecule has 1 aliphatic carbocycles. The second kappa shape index (κ2) is 5.85. The van der Waals surface area contributed by atoms with E-state index in [-0.39, 0.29) is 16.0 Å². The van der Waals surface area contributed by atoms with Gasteiger partial charge in [0.25, 0.3) is 0 Å². The first kappa shape index (κ1) is 14.2. The summed E-state index contributed by atoms with van der Waals surface area (Å²) in [6, 6.07) is 6.51. The Morgan fingerprint density at radius 2 is 2.00 bits per heavy atom. The lowest BCUT2D eigenvalue weighted by molar-refractivity contribution is 0.552. The van der Waals surface area contributed by atoms with E-state index in [9.17, 15) is 8.42 Å². The Bertz CT molecular complexity index is 566. The fraction of sp³-hybridized carbons (Fsp3) is 0.417. The summed E-state index contributed by atoms with van der Waals surface area (Å²) in [7, 11) is -3.48. The second-order valence-electron chi connectivity index (χ2n) is 4.62. The first-order valence-electron chi connectivity index (χ1n) is 6.16. The highest BCUT2D eigenvalue weighted by molar-refractivity contribution is 7.89. The monoisotopic (exact) mass is 299 g/mol. The van der Waals surface area contributed by atoms with E-state index in [0.717, 1.165) is 25.7 Å². The van der Waals surface area contributed by atoms with E-state index in [1.165, 1.54) is 6.07 Å². The summed E-state index contributed by atoms with van der Waals surface area (Å²) < 4.78 is 27.2. The van der Waals surface area contributed by atoms with Gasteiger partial charge in [-0.15, -0.1) is 0 Å². The predicted molar refractivity (Wildman–Crippen MR) is 79.4 cm³/mol. The number of nitrogens with two attached hydrogens (primary N) is 1. The minimum absolute atomic E-state index is 0.0530. The number of hydrogen-bond acceptors (Lipinski definition) is 3. The van der Waals surface area contributed by atoms with E-state index in [1.54, 1.807) is 18.2 Å². The molecule has 7 heteroatoms. The van der Waals surface area contributed by atoms with E-state index in [1.807, 2.05) is 0 Å². The number of rotatable bonds is 4.